The zero-order valence-electron chi connectivity index (χ0n) is 29.7. The molecule has 1 unspecified atom stereocenters. The van der Waals surface area contributed by atoms with Crippen molar-refractivity contribution in [2.45, 2.75) is 55.6 Å². The van der Waals surface area contributed by atoms with Crippen molar-refractivity contribution in [1.82, 2.24) is 10.2 Å². The number of carbonyl (C=O) groups is 2. The van der Waals surface area contributed by atoms with Crippen LogP contribution in [0.5, 0.6) is 23.0 Å². The van der Waals surface area contributed by atoms with Crippen molar-refractivity contribution in [2.75, 3.05) is 39.3 Å². The van der Waals surface area contributed by atoms with Crippen LogP contribution in [0.1, 0.15) is 36.8 Å². The molecular formula is C39H44BrN3O8S. The number of nitrogens with one attached hydrogen (secondary N) is 1. The molecular weight excluding hydrogens is 750 g/mol. The minimum Gasteiger partial charge on any atom is -0.497 e. The number of ether oxygens (including phenoxy) is 4. The van der Waals surface area contributed by atoms with Crippen molar-refractivity contribution in [3.05, 3.63) is 107 Å². The van der Waals surface area contributed by atoms with Crippen LogP contribution in [0.2, 0.25) is 0 Å². The van der Waals surface area contributed by atoms with Crippen molar-refractivity contribution in [3.63, 3.8) is 0 Å². The molecule has 1 aliphatic rings. The minimum absolute atomic E-state index is 0.00150. The first-order chi connectivity index (χ1) is 25.1. The summed E-state index contributed by atoms with van der Waals surface area (Å²) in [5.41, 5.74) is 1.69. The molecule has 0 aliphatic heterocycles. The van der Waals surface area contributed by atoms with Gasteiger partial charge in [0.25, 0.3) is 10.0 Å². The summed E-state index contributed by atoms with van der Waals surface area (Å²) in [6, 6.07) is 24.9. The van der Waals surface area contributed by atoms with E-state index in [9.17, 15) is 18.0 Å². The second-order valence-corrected chi connectivity index (χ2v) is 15.2. The Morgan fingerprint density at radius 1 is 0.788 bits per heavy atom. The molecule has 4 aromatic carbocycles. The molecule has 1 fully saturated rings. The predicted molar refractivity (Wildman–Crippen MR) is 203 cm³/mol. The molecule has 2 amide bonds. The van der Waals surface area contributed by atoms with Gasteiger partial charge in [-0.1, -0.05) is 71.2 Å². The maximum atomic E-state index is 14.9. The molecule has 11 nitrogen and oxygen atoms in total. The minimum atomic E-state index is -4.49. The van der Waals surface area contributed by atoms with E-state index in [1.807, 2.05) is 54.6 Å². The fourth-order valence-electron chi connectivity index (χ4n) is 6.32. The Hall–Kier alpha value is -4.75. The third kappa shape index (κ3) is 9.18. The van der Waals surface area contributed by atoms with Gasteiger partial charge in [0.05, 0.1) is 39.0 Å². The standard InChI is InChI=1S/C39H44BrN3O8S/c1-48-31-18-20-35(49-2)33(23-31)43(52(46,47)32-19-21-36(50-3)37(24-32)51-4)26-38(44)42(25-28-14-16-29(40)17-15-28)34(22-27-10-6-5-7-11-27)39(45)41-30-12-8-9-13-30/h5-7,10-11,14-21,23-24,30,34H,8-9,12-13,22,25-26H2,1-4H3,(H,41,45). The Labute approximate surface area is 314 Å². The summed E-state index contributed by atoms with van der Waals surface area (Å²) in [5, 5.41) is 3.19. The van der Waals surface area contributed by atoms with Crippen LogP contribution in [-0.2, 0) is 32.6 Å². The molecule has 5 rings (SSSR count). The highest BCUT2D eigenvalue weighted by Gasteiger charge is 2.37. The number of hydrogen-bond donors (Lipinski definition) is 1. The van der Waals surface area contributed by atoms with E-state index < -0.39 is 28.5 Å². The lowest BCUT2D eigenvalue weighted by molar-refractivity contribution is -0.140. The summed E-state index contributed by atoms with van der Waals surface area (Å²) >= 11 is 3.48. The predicted octanol–water partition coefficient (Wildman–Crippen LogP) is 6.38. The van der Waals surface area contributed by atoms with Gasteiger partial charge in [-0.2, -0.15) is 0 Å². The molecule has 1 saturated carbocycles. The average molecular weight is 795 g/mol. The monoisotopic (exact) mass is 793 g/mol. The Morgan fingerprint density at radius 3 is 2.08 bits per heavy atom. The average Bonchev–Trinajstić information content (AvgIpc) is 3.68. The van der Waals surface area contributed by atoms with Crippen molar-refractivity contribution >= 4 is 43.5 Å². The van der Waals surface area contributed by atoms with E-state index in [4.69, 9.17) is 18.9 Å². The van der Waals surface area contributed by atoms with Crippen molar-refractivity contribution in [3.8, 4) is 23.0 Å². The molecule has 0 radical (unpaired) electrons. The SMILES string of the molecule is COc1ccc(OC)c(N(CC(=O)N(Cc2ccc(Br)cc2)C(Cc2ccccc2)C(=O)NC2CCCC2)S(=O)(=O)c2ccc(OC)c(OC)c2)c1. The molecule has 13 heteroatoms. The van der Waals surface area contributed by atoms with Crippen LogP contribution in [-0.4, -0.2) is 72.2 Å². The van der Waals surface area contributed by atoms with Gasteiger partial charge in [-0.3, -0.25) is 13.9 Å². The van der Waals surface area contributed by atoms with Gasteiger partial charge in [0.1, 0.15) is 24.1 Å². The van der Waals surface area contributed by atoms with Gasteiger partial charge in [0.2, 0.25) is 11.8 Å². The zero-order valence-corrected chi connectivity index (χ0v) is 32.1. The van der Waals surface area contributed by atoms with Crippen LogP contribution >= 0.6 is 15.9 Å². The second-order valence-electron chi connectivity index (χ2n) is 12.4. The molecule has 1 N–H and O–H groups in total. The first-order valence-electron chi connectivity index (χ1n) is 16.9. The van der Waals surface area contributed by atoms with E-state index in [-0.39, 0.29) is 47.0 Å². The Morgan fingerprint density at radius 2 is 1.44 bits per heavy atom. The van der Waals surface area contributed by atoms with Crippen LogP contribution in [0, 0.1) is 0 Å². The van der Waals surface area contributed by atoms with E-state index in [0.29, 0.717) is 11.5 Å². The molecule has 276 valence electrons. The van der Waals surface area contributed by atoms with Gasteiger partial charge in [0.15, 0.2) is 11.5 Å². The maximum absolute atomic E-state index is 14.9. The van der Waals surface area contributed by atoms with Crippen LogP contribution in [0.25, 0.3) is 0 Å². The molecule has 0 bridgehead atoms. The van der Waals surface area contributed by atoms with Crippen LogP contribution < -0.4 is 28.6 Å². The van der Waals surface area contributed by atoms with Gasteiger partial charge in [-0.25, -0.2) is 8.42 Å². The fraction of sp³-hybridized carbons (Fsp3) is 0.333. The van der Waals surface area contributed by atoms with Crippen molar-refractivity contribution in [2.24, 2.45) is 0 Å². The largest absolute Gasteiger partial charge is 0.497 e. The van der Waals surface area contributed by atoms with Gasteiger partial charge in [-0.05, 0) is 60.4 Å². The van der Waals surface area contributed by atoms with Crippen LogP contribution in [0.15, 0.2) is 100 Å². The highest BCUT2D eigenvalue weighted by atomic mass is 79.9. The van der Waals surface area contributed by atoms with Gasteiger partial charge in [-0.15, -0.1) is 0 Å². The number of nitrogens with zero attached hydrogens (tertiary/aromatic N) is 2. The number of halogens is 1. The van der Waals surface area contributed by atoms with Crippen molar-refractivity contribution < 1.29 is 37.0 Å². The highest BCUT2D eigenvalue weighted by Crippen LogP contribution is 2.38. The molecule has 0 spiro atoms. The zero-order chi connectivity index (χ0) is 37.3. The van der Waals surface area contributed by atoms with Gasteiger partial charge >= 0.3 is 0 Å². The fourth-order valence-corrected chi connectivity index (χ4v) is 8.01. The highest BCUT2D eigenvalue weighted by molar-refractivity contribution is 9.10. The molecule has 0 saturated heterocycles. The third-order valence-electron chi connectivity index (χ3n) is 9.12. The molecule has 1 atom stereocenters. The number of anilines is 1. The van der Waals surface area contributed by atoms with Crippen molar-refractivity contribution in [1.29, 1.82) is 0 Å². The summed E-state index contributed by atoms with van der Waals surface area (Å²) in [5.74, 6) is 0.169. The third-order valence-corrected chi connectivity index (χ3v) is 11.4. The second kappa shape index (κ2) is 17.6. The summed E-state index contributed by atoms with van der Waals surface area (Å²) < 4.78 is 53.2. The van der Waals surface area contributed by atoms with Crippen LogP contribution in [0.3, 0.4) is 0 Å². The number of rotatable bonds is 16. The lowest BCUT2D eigenvalue weighted by atomic mass is 10.0. The number of methoxy groups -OCH3 is 4. The number of carbonyl (C=O) groups excluding carboxylic acids is 2. The molecule has 0 aromatic heterocycles. The van der Waals surface area contributed by atoms with E-state index >= 15 is 0 Å². The van der Waals surface area contributed by atoms with E-state index in [1.54, 1.807) is 12.1 Å². The Balaban J connectivity index is 1.64. The van der Waals surface area contributed by atoms with E-state index in [0.717, 1.165) is 45.6 Å². The quantitative estimate of drug-likeness (QED) is 0.139. The van der Waals surface area contributed by atoms with E-state index in [2.05, 4.69) is 21.2 Å². The van der Waals surface area contributed by atoms with Gasteiger partial charge in [0, 0.05) is 35.6 Å². The smallest absolute Gasteiger partial charge is 0.265 e. The maximum Gasteiger partial charge on any atom is 0.265 e. The number of amides is 2. The summed E-state index contributed by atoms with van der Waals surface area (Å²) in [4.78, 5) is 30.5. The number of benzene rings is 4. The number of hydrogen-bond acceptors (Lipinski definition) is 8. The lowest BCUT2D eigenvalue weighted by Crippen LogP contribution is -2.54. The Bertz CT molecular complexity index is 1940. The summed E-state index contributed by atoms with van der Waals surface area (Å²) in [7, 11) is 1.24. The summed E-state index contributed by atoms with van der Waals surface area (Å²) in [6.07, 6.45) is 3.96. The van der Waals surface area contributed by atoms with Gasteiger partial charge < -0.3 is 29.2 Å². The molecule has 4 aromatic rings. The van der Waals surface area contributed by atoms with E-state index in [1.165, 1.54) is 57.6 Å². The normalized spacial score (nSPS) is 13.6. The Kier molecular flexibility index (Phi) is 13.1. The number of sulfonamides is 1. The lowest BCUT2D eigenvalue weighted by Gasteiger charge is -2.34. The molecule has 0 heterocycles. The first-order valence-corrected chi connectivity index (χ1v) is 19.2. The van der Waals surface area contributed by atoms with Crippen LogP contribution in [0.4, 0.5) is 5.69 Å². The molecule has 1 aliphatic carbocycles. The topological polar surface area (TPSA) is 124 Å². The first kappa shape index (κ1) is 38.5. The summed E-state index contributed by atoms with van der Waals surface area (Å²) in [6.45, 7) is -0.625. The molecule has 52 heavy (non-hydrogen) atoms.